The van der Waals surface area contributed by atoms with Crippen molar-refractivity contribution in [3.05, 3.63) is 0 Å². The third kappa shape index (κ3) is 5.16. The molecule has 6 heteroatoms. The molecule has 2 fully saturated rings. The fourth-order valence-electron chi connectivity index (χ4n) is 2.99. The molecule has 124 valence electrons. The lowest BCUT2D eigenvalue weighted by atomic mass is 9.97. The van der Waals surface area contributed by atoms with Crippen molar-refractivity contribution in [2.24, 2.45) is 10.9 Å². The van der Waals surface area contributed by atoms with Crippen molar-refractivity contribution >= 4 is 5.96 Å². The molecule has 0 aliphatic carbocycles. The molecule has 2 rings (SSSR count). The van der Waals surface area contributed by atoms with Gasteiger partial charge in [0, 0.05) is 38.2 Å². The Morgan fingerprint density at radius 1 is 1.32 bits per heavy atom. The summed E-state index contributed by atoms with van der Waals surface area (Å²) < 4.78 is 11.1. The minimum Gasteiger partial charge on any atom is -0.381 e. The molecule has 2 heterocycles. The molecule has 2 atom stereocenters. The van der Waals surface area contributed by atoms with E-state index >= 15 is 0 Å². The third-order valence-corrected chi connectivity index (χ3v) is 4.16. The molecular weight excluding hydrogens is 280 g/mol. The van der Waals surface area contributed by atoms with Crippen molar-refractivity contribution in [1.82, 2.24) is 15.5 Å². The fourth-order valence-corrected chi connectivity index (χ4v) is 2.99. The first-order chi connectivity index (χ1) is 10.8. The van der Waals surface area contributed by atoms with Gasteiger partial charge in [-0.2, -0.15) is 0 Å². The highest BCUT2D eigenvalue weighted by Crippen LogP contribution is 2.22. The van der Waals surface area contributed by atoms with Crippen LogP contribution in [0.15, 0.2) is 4.99 Å². The number of hydrogen-bond donors (Lipinski definition) is 2. The molecule has 2 unspecified atom stereocenters. The average Bonchev–Trinajstić information content (AvgIpc) is 3.08. The van der Waals surface area contributed by atoms with Crippen molar-refractivity contribution in [2.45, 2.75) is 19.4 Å². The van der Waals surface area contributed by atoms with Crippen molar-refractivity contribution in [3.8, 4) is 12.3 Å². The maximum absolute atomic E-state index is 5.58. The van der Waals surface area contributed by atoms with Crippen LogP contribution in [0, 0.1) is 18.3 Å². The summed E-state index contributed by atoms with van der Waals surface area (Å²) in [6.45, 7) is 9.40. The van der Waals surface area contributed by atoms with Crippen LogP contribution < -0.4 is 10.6 Å². The highest BCUT2D eigenvalue weighted by atomic mass is 16.5. The zero-order chi connectivity index (χ0) is 15.6. The lowest BCUT2D eigenvalue weighted by Crippen LogP contribution is -2.49. The van der Waals surface area contributed by atoms with Gasteiger partial charge in [-0.1, -0.05) is 5.92 Å². The van der Waals surface area contributed by atoms with E-state index in [2.05, 4.69) is 28.4 Å². The number of aliphatic imine (C=N–C) groups is 1. The van der Waals surface area contributed by atoms with E-state index < -0.39 is 0 Å². The first-order valence-corrected chi connectivity index (χ1v) is 8.20. The number of nitrogens with one attached hydrogen (secondary N) is 2. The predicted molar refractivity (Wildman–Crippen MR) is 87.9 cm³/mol. The third-order valence-electron chi connectivity index (χ3n) is 4.16. The summed E-state index contributed by atoms with van der Waals surface area (Å²) in [6, 6.07) is 0.410. The highest BCUT2D eigenvalue weighted by Gasteiger charge is 2.31. The molecule has 2 N–H and O–H groups in total. The second-order valence-electron chi connectivity index (χ2n) is 5.62. The summed E-state index contributed by atoms with van der Waals surface area (Å²) in [7, 11) is 0. The molecule has 0 aromatic heterocycles. The standard InChI is InChI=1S/C16H28N4O2/c1-3-6-18-16(17-4-2)19-12-15(14-5-9-22-13-14)20-7-10-21-11-8-20/h1,14-15H,4-13H2,2H3,(H2,17,18,19). The van der Waals surface area contributed by atoms with Gasteiger partial charge >= 0.3 is 0 Å². The summed E-state index contributed by atoms with van der Waals surface area (Å²) >= 11 is 0. The molecule has 0 aromatic rings. The number of guanidine groups is 1. The summed E-state index contributed by atoms with van der Waals surface area (Å²) in [6.07, 6.45) is 6.43. The lowest BCUT2D eigenvalue weighted by molar-refractivity contribution is 0.00368. The van der Waals surface area contributed by atoms with Crippen molar-refractivity contribution in [3.63, 3.8) is 0 Å². The minimum atomic E-state index is 0.410. The number of ether oxygens (including phenoxy) is 2. The first kappa shape index (κ1) is 17.1. The Bertz CT molecular complexity index is 382. The van der Waals surface area contributed by atoms with Gasteiger partial charge < -0.3 is 20.1 Å². The number of nitrogens with zero attached hydrogens (tertiary/aromatic N) is 2. The predicted octanol–water partition coefficient (Wildman–Crippen LogP) is -0.0880. The maximum atomic E-state index is 5.58. The molecule has 0 bridgehead atoms. The molecular formula is C16H28N4O2. The molecule has 0 radical (unpaired) electrons. The van der Waals surface area contributed by atoms with Gasteiger partial charge in [0.2, 0.25) is 0 Å². The van der Waals surface area contributed by atoms with Gasteiger partial charge in [-0.3, -0.25) is 9.89 Å². The monoisotopic (exact) mass is 308 g/mol. The molecule has 0 saturated carbocycles. The van der Waals surface area contributed by atoms with Crippen LogP contribution in [0.5, 0.6) is 0 Å². The quantitative estimate of drug-likeness (QED) is 0.408. The van der Waals surface area contributed by atoms with E-state index in [1.165, 1.54) is 0 Å². The topological polar surface area (TPSA) is 58.1 Å². The molecule has 6 nitrogen and oxygen atoms in total. The largest absolute Gasteiger partial charge is 0.381 e. The van der Waals surface area contributed by atoms with Gasteiger partial charge in [0.05, 0.1) is 32.9 Å². The normalized spacial score (nSPS) is 24.7. The van der Waals surface area contributed by atoms with Crippen LogP contribution in [0.2, 0.25) is 0 Å². The van der Waals surface area contributed by atoms with Crippen molar-refractivity contribution < 1.29 is 9.47 Å². The zero-order valence-corrected chi connectivity index (χ0v) is 13.5. The first-order valence-electron chi connectivity index (χ1n) is 8.20. The van der Waals surface area contributed by atoms with Gasteiger partial charge in [0.1, 0.15) is 0 Å². The summed E-state index contributed by atoms with van der Waals surface area (Å²) in [5.74, 6) is 3.93. The Morgan fingerprint density at radius 3 is 2.77 bits per heavy atom. The molecule has 0 aromatic carbocycles. The van der Waals surface area contributed by atoms with Crippen molar-refractivity contribution in [2.75, 3.05) is 59.2 Å². The van der Waals surface area contributed by atoms with Crippen LogP contribution >= 0.6 is 0 Å². The Morgan fingerprint density at radius 2 is 2.14 bits per heavy atom. The molecule has 0 spiro atoms. The van der Waals surface area contributed by atoms with E-state index in [0.29, 0.717) is 18.5 Å². The van der Waals surface area contributed by atoms with Crippen LogP contribution in [-0.2, 0) is 9.47 Å². The molecule has 2 aliphatic heterocycles. The maximum Gasteiger partial charge on any atom is 0.192 e. The van der Waals surface area contributed by atoms with E-state index in [-0.39, 0.29) is 0 Å². The Labute approximate surface area is 133 Å². The van der Waals surface area contributed by atoms with Gasteiger partial charge in [0.15, 0.2) is 5.96 Å². The fraction of sp³-hybridized carbons (Fsp3) is 0.812. The number of rotatable bonds is 6. The van der Waals surface area contributed by atoms with E-state index in [9.17, 15) is 0 Å². The molecule has 22 heavy (non-hydrogen) atoms. The summed E-state index contributed by atoms with van der Waals surface area (Å²) in [5, 5.41) is 6.38. The Balaban J connectivity index is 1.98. The van der Waals surface area contributed by atoms with E-state index in [0.717, 1.165) is 65.0 Å². The SMILES string of the molecule is C#CCNC(=NCC(C1CCOC1)N1CCOCC1)NCC. The van der Waals surface area contributed by atoms with E-state index in [4.69, 9.17) is 20.9 Å². The van der Waals surface area contributed by atoms with E-state index in [1.807, 2.05) is 0 Å². The average molecular weight is 308 g/mol. The summed E-state index contributed by atoms with van der Waals surface area (Å²) in [4.78, 5) is 7.23. The van der Waals surface area contributed by atoms with Gasteiger partial charge in [-0.25, -0.2) is 0 Å². The van der Waals surface area contributed by atoms with Crippen LogP contribution in [0.1, 0.15) is 13.3 Å². The zero-order valence-electron chi connectivity index (χ0n) is 13.5. The Kier molecular flexibility index (Phi) is 7.50. The van der Waals surface area contributed by atoms with Crippen LogP contribution in [0.3, 0.4) is 0 Å². The van der Waals surface area contributed by atoms with Gasteiger partial charge in [0.25, 0.3) is 0 Å². The van der Waals surface area contributed by atoms with Crippen LogP contribution in [0.4, 0.5) is 0 Å². The number of hydrogen-bond acceptors (Lipinski definition) is 4. The molecule has 0 amide bonds. The van der Waals surface area contributed by atoms with Gasteiger partial charge in [-0.15, -0.1) is 6.42 Å². The minimum absolute atomic E-state index is 0.410. The smallest absolute Gasteiger partial charge is 0.192 e. The summed E-state index contributed by atoms with van der Waals surface area (Å²) in [5.41, 5.74) is 0. The second-order valence-corrected chi connectivity index (χ2v) is 5.62. The van der Waals surface area contributed by atoms with Gasteiger partial charge in [-0.05, 0) is 13.3 Å². The van der Waals surface area contributed by atoms with Crippen molar-refractivity contribution in [1.29, 1.82) is 0 Å². The molecule has 2 aliphatic rings. The van der Waals surface area contributed by atoms with E-state index in [1.54, 1.807) is 0 Å². The number of terminal acetylenes is 1. The molecule has 2 saturated heterocycles. The Hall–Kier alpha value is -1.29. The van der Waals surface area contributed by atoms with Crippen LogP contribution in [-0.4, -0.2) is 76.1 Å². The van der Waals surface area contributed by atoms with Crippen LogP contribution in [0.25, 0.3) is 0 Å². The second kappa shape index (κ2) is 9.67. The lowest BCUT2D eigenvalue weighted by Gasteiger charge is -2.36. The number of morpholine rings is 1. The highest BCUT2D eigenvalue weighted by molar-refractivity contribution is 5.80.